The van der Waals surface area contributed by atoms with Crippen LogP contribution in [0.5, 0.6) is 0 Å². The lowest BCUT2D eigenvalue weighted by atomic mass is 10.0. The largest absolute Gasteiger partial charge is 0.481 e. The van der Waals surface area contributed by atoms with Gasteiger partial charge in [-0.2, -0.15) is 0 Å². The molecule has 2 N–H and O–H groups in total. The third-order valence-electron chi connectivity index (χ3n) is 3.34. The molecule has 1 rings (SSSR count). The summed E-state index contributed by atoms with van der Waals surface area (Å²) in [6, 6.07) is 0. The Balaban J connectivity index is 2.09. The first-order valence-corrected chi connectivity index (χ1v) is 6.73. The van der Waals surface area contributed by atoms with Crippen LogP contribution < -0.4 is 5.32 Å². The van der Waals surface area contributed by atoms with Crippen LogP contribution in [-0.4, -0.2) is 36.7 Å². The molecule has 1 fully saturated rings. The van der Waals surface area contributed by atoms with Gasteiger partial charge in [0.2, 0.25) is 5.91 Å². The molecule has 2 atom stereocenters. The van der Waals surface area contributed by atoms with Crippen molar-refractivity contribution in [3.05, 3.63) is 0 Å². The van der Waals surface area contributed by atoms with Crippen LogP contribution in [0.15, 0.2) is 0 Å². The molecule has 0 aromatic carbocycles. The number of carbonyl (C=O) groups excluding carboxylic acids is 1. The molecule has 104 valence electrons. The first-order valence-electron chi connectivity index (χ1n) is 6.73. The lowest BCUT2D eigenvalue weighted by molar-refractivity contribution is -0.141. The Hall–Kier alpha value is -1.10. The van der Waals surface area contributed by atoms with Gasteiger partial charge < -0.3 is 15.2 Å². The zero-order valence-electron chi connectivity index (χ0n) is 11.0. The summed E-state index contributed by atoms with van der Waals surface area (Å²) >= 11 is 0. The second-order valence-electron chi connectivity index (χ2n) is 4.80. The lowest BCUT2D eigenvalue weighted by Crippen LogP contribution is -2.32. The lowest BCUT2D eigenvalue weighted by Gasteiger charge is -2.10. The highest BCUT2D eigenvalue weighted by Crippen LogP contribution is 2.30. The van der Waals surface area contributed by atoms with Crippen molar-refractivity contribution < 1.29 is 19.4 Å². The van der Waals surface area contributed by atoms with Crippen LogP contribution in [0.2, 0.25) is 0 Å². The first kappa shape index (κ1) is 15.0. The van der Waals surface area contributed by atoms with Crippen molar-refractivity contribution in [2.24, 2.45) is 11.8 Å². The molecule has 0 aromatic rings. The minimum Gasteiger partial charge on any atom is -0.481 e. The van der Waals surface area contributed by atoms with Crippen molar-refractivity contribution in [3.8, 4) is 0 Å². The van der Waals surface area contributed by atoms with Crippen molar-refractivity contribution in [1.29, 1.82) is 0 Å². The fourth-order valence-electron chi connectivity index (χ4n) is 2.18. The molecular formula is C13H23NO4. The van der Waals surface area contributed by atoms with Crippen molar-refractivity contribution in [2.45, 2.75) is 39.0 Å². The van der Waals surface area contributed by atoms with E-state index in [9.17, 15) is 9.59 Å². The fraction of sp³-hybridized carbons (Fsp3) is 0.846. The molecule has 0 spiro atoms. The van der Waals surface area contributed by atoms with Gasteiger partial charge >= 0.3 is 5.97 Å². The minimum atomic E-state index is -0.784. The SMILES string of the molecule is CCCCOCCNC(=O)[C@@H]1CC[C@H](C(=O)O)C1. The van der Waals surface area contributed by atoms with Gasteiger partial charge in [0, 0.05) is 19.1 Å². The maximum absolute atomic E-state index is 11.7. The van der Waals surface area contributed by atoms with Crippen LogP contribution >= 0.6 is 0 Å². The summed E-state index contributed by atoms with van der Waals surface area (Å²) in [6.07, 6.45) is 3.90. The number of hydrogen-bond donors (Lipinski definition) is 2. The molecular weight excluding hydrogens is 234 g/mol. The van der Waals surface area contributed by atoms with Gasteiger partial charge in [0.1, 0.15) is 0 Å². The first-order chi connectivity index (χ1) is 8.65. The molecule has 0 aliphatic heterocycles. The second-order valence-corrected chi connectivity index (χ2v) is 4.80. The number of unbranched alkanes of at least 4 members (excludes halogenated alkanes) is 1. The maximum atomic E-state index is 11.7. The molecule has 0 aromatic heterocycles. The van der Waals surface area contributed by atoms with Gasteiger partial charge in [-0.05, 0) is 25.7 Å². The van der Waals surface area contributed by atoms with Crippen LogP contribution in [0.1, 0.15) is 39.0 Å². The van der Waals surface area contributed by atoms with Gasteiger partial charge in [0.25, 0.3) is 0 Å². The number of carboxylic acids is 1. The van der Waals surface area contributed by atoms with E-state index in [-0.39, 0.29) is 17.7 Å². The highest BCUT2D eigenvalue weighted by molar-refractivity contribution is 5.80. The number of aliphatic carboxylic acids is 1. The van der Waals surface area contributed by atoms with Gasteiger partial charge in [-0.15, -0.1) is 0 Å². The van der Waals surface area contributed by atoms with Crippen LogP contribution in [0.3, 0.4) is 0 Å². The van der Waals surface area contributed by atoms with Crippen molar-refractivity contribution >= 4 is 11.9 Å². The molecule has 1 saturated carbocycles. The van der Waals surface area contributed by atoms with Crippen LogP contribution in [0.4, 0.5) is 0 Å². The molecule has 1 amide bonds. The Labute approximate surface area is 108 Å². The van der Waals surface area contributed by atoms with Gasteiger partial charge in [-0.25, -0.2) is 0 Å². The van der Waals surface area contributed by atoms with Crippen molar-refractivity contribution in [3.63, 3.8) is 0 Å². The molecule has 0 radical (unpaired) electrons. The minimum absolute atomic E-state index is 0.0298. The average Bonchev–Trinajstić information content (AvgIpc) is 2.83. The van der Waals surface area contributed by atoms with E-state index >= 15 is 0 Å². The summed E-state index contributed by atoms with van der Waals surface area (Å²) in [5, 5.41) is 11.7. The monoisotopic (exact) mass is 257 g/mol. The number of nitrogens with one attached hydrogen (secondary N) is 1. The molecule has 0 unspecified atom stereocenters. The molecule has 5 heteroatoms. The third kappa shape index (κ3) is 5.04. The normalized spacial score (nSPS) is 22.9. The van der Waals surface area contributed by atoms with Gasteiger partial charge in [0.05, 0.1) is 12.5 Å². The van der Waals surface area contributed by atoms with Crippen LogP contribution in [-0.2, 0) is 14.3 Å². The van der Waals surface area contributed by atoms with E-state index < -0.39 is 5.97 Å². The fourth-order valence-corrected chi connectivity index (χ4v) is 2.18. The number of hydrogen-bond acceptors (Lipinski definition) is 3. The molecule has 0 heterocycles. The summed E-state index contributed by atoms with van der Waals surface area (Å²) in [5.41, 5.74) is 0. The predicted molar refractivity (Wildman–Crippen MR) is 67.2 cm³/mol. The Morgan fingerprint density at radius 1 is 1.28 bits per heavy atom. The van der Waals surface area contributed by atoms with E-state index in [0.29, 0.717) is 32.4 Å². The molecule has 1 aliphatic rings. The molecule has 0 saturated heterocycles. The second kappa shape index (κ2) is 8.08. The standard InChI is InChI=1S/C13H23NO4/c1-2-3-7-18-8-6-14-12(15)10-4-5-11(9-10)13(16)17/h10-11H,2-9H2,1H3,(H,14,15)(H,16,17)/t10-,11+/m1/s1. The van der Waals surface area contributed by atoms with E-state index in [0.717, 1.165) is 19.4 Å². The zero-order valence-corrected chi connectivity index (χ0v) is 11.0. The van der Waals surface area contributed by atoms with Gasteiger partial charge in [-0.3, -0.25) is 9.59 Å². The van der Waals surface area contributed by atoms with Crippen LogP contribution in [0, 0.1) is 11.8 Å². The van der Waals surface area contributed by atoms with Crippen LogP contribution in [0.25, 0.3) is 0 Å². The highest BCUT2D eigenvalue weighted by Gasteiger charge is 2.33. The van der Waals surface area contributed by atoms with E-state index in [4.69, 9.17) is 9.84 Å². The number of ether oxygens (including phenoxy) is 1. The van der Waals surface area contributed by atoms with Crippen molar-refractivity contribution in [1.82, 2.24) is 5.32 Å². The summed E-state index contributed by atoms with van der Waals surface area (Å²) in [7, 11) is 0. The van der Waals surface area contributed by atoms with Crippen molar-refractivity contribution in [2.75, 3.05) is 19.8 Å². The summed E-state index contributed by atoms with van der Waals surface area (Å²) in [4.78, 5) is 22.5. The smallest absolute Gasteiger partial charge is 0.306 e. The van der Waals surface area contributed by atoms with Gasteiger partial charge in [-0.1, -0.05) is 13.3 Å². The van der Waals surface area contributed by atoms with E-state index in [2.05, 4.69) is 12.2 Å². The third-order valence-corrected chi connectivity index (χ3v) is 3.34. The summed E-state index contributed by atoms with van der Waals surface area (Å²) in [5.74, 6) is -1.30. The van der Waals surface area contributed by atoms with Gasteiger partial charge in [0.15, 0.2) is 0 Å². The predicted octanol–water partition coefficient (Wildman–Crippen LogP) is 1.42. The summed E-state index contributed by atoms with van der Waals surface area (Å²) in [6.45, 7) is 3.87. The topological polar surface area (TPSA) is 75.6 Å². The van der Waals surface area contributed by atoms with E-state index in [1.165, 1.54) is 0 Å². The Bertz CT molecular complexity index is 280. The molecule has 5 nitrogen and oxygen atoms in total. The number of rotatable bonds is 8. The van der Waals surface area contributed by atoms with E-state index in [1.807, 2.05) is 0 Å². The average molecular weight is 257 g/mol. The number of carboxylic acid groups (broad SMARTS) is 1. The van der Waals surface area contributed by atoms with E-state index in [1.54, 1.807) is 0 Å². The highest BCUT2D eigenvalue weighted by atomic mass is 16.5. The number of carbonyl (C=O) groups is 2. The Kier molecular flexibility index (Phi) is 6.72. The zero-order chi connectivity index (χ0) is 13.4. The summed E-state index contributed by atoms with van der Waals surface area (Å²) < 4.78 is 5.34. The Morgan fingerprint density at radius 3 is 2.61 bits per heavy atom. The Morgan fingerprint density at radius 2 is 2.00 bits per heavy atom. The maximum Gasteiger partial charge on any atom is 0.306 e. The molecule has 1 aliphatic carbocycles. The number of amides is 1. The molecule has 0 bridgehead atoms. The molecule has 18 heavy (non-hydrogen) atoms. The quantitative estimate of drug-likeness (QED) is 0.645.